The van der Waals surface area contributed by atoms with Crippen molar-refractivity contribution in [2.75, 3.05) is 0 Å². The highest BCUT2D eigenvalue weighted by Gasteiger charge is 2.51. The number of pyridine rings is 4. The number of rotatable bonds is 6. The van der Waals surface area contributed by atoms with E-state index in [9.17, 15) is 0 Å². The largest absolute Gasteiger partial charge is 0.494 e. The van der Waals surface area contributed by atoms with E-state index in [0.717, 1.165) is 76.9 Å². The van der Waals surface area contributed by atoms with Crippen LogP contribution in [0, 0.1) is 27.7 Å². The Morgan fingerprint density at radius 1 is 0.302 bits per heavy atom. The van der Waals surface area contributed by atoms with Crippen LogP contribution in [-0.4, -0.2) is 38.3 Å². The molecule has 0 radical (unpaired) electrons. The molecule has 5 heterocycles. The van der Waals surface area contributed by atoms with E-state index >= 15 is 0 Å². The summed E-state index contributed by atoms with van der Waals surface area (Å²) in [4.78, 5) is 18.9. The molecule has 4 aromatic heterocycles. The smallest absolute Gasteiger partial charge is 0.399 e. The Morgan fingerprint density at radius 3 is 1.17 bits per heavy atom. The maximum atomic E-state index is 6.28. The molecule has 0 spiro atoms. The molecule has 1 fully saturated rings. The molecular weight excluding hydrogens is 1070 g/mol. The van der Waals surface area contributed by atoms with E-state index in [1.54, 1.807) is 0 Å². The lowest BCUT2D eigenvalue weighted by Gasteiger charge is -2.32. The Morgan fingerprint density at radius 2 is 0.674 bits per heavy atom. The first kappa shape index (κ1) is 55.8. The van der Waals surface area contributed by atoms with Gasteiger partial charge < -0.3 is 9.31 Å². The first-order valence-corrected chi connectivity index (χ1v) is 29.8. The molecule has 418 valence electrons. The molecule has 1 aliphatic heterocycles. The van der Waals surface area contributed by atoms with E-state index < -0.39 is 0 Å². The Labute approximate surface area is 508 Å². The van der Waals surface area contributed by atoms with Crippen LogP contribution in [0.1, 0.15) is 50.5 Å². The monoisotopic (exact) mass is 1130 g/mol. The van der Waals surface area contributed by atoms with Gasteiger partial charge in [-0.25, -0.2) is 0 Å². The zero-order chi connectivity index (χ0) is 59.3. The van der Waals surface area contributed by atoms with Gasteiger partial charge >= 0.3 is 7.12 Å². The predicted octanol–water partition coefficient (Wildman–Crippen LogP) is 20.1. The summed E-state index contributed by atoms with van der Waals surface area (Å²) in [6.45, 7) is 16.4. The second-order valence-corrected chi connectivity index (χ2v) is 23.9. The number of aromatic nitrogens is 4. The van der Waals surface area contributed by atoms with E-state index in [0.29, 0.717) is 0 Å². The number of aryl methyl sites for hydroxylation is 4. The van der Waals surface area contributed by atoms with Gasteiger partial charge in [0.2, 0.25) is 0 Å². The summed E-state index contributed by atoms with van der Waals surface area (Å²) < 4.78 is 12.6. The lowest BCUT2D eigenvalue weighted by molar-refractivity contribution is 0.00578. The fourth-order valence-corrected chi connectivity index (χ4v) is 12.2. The maximum absolute atomic E-state index is 6.28. The zero-order valence-electron chi connectivity index (χ0n) is 49.7. The molecule has 1 saturated heterocycles. The van der Waals surface area contributed by atoms with Crippen molar-refractivity contribution in [3.63, 3.8) is 0 Å². The minimum absolute atomic E-state index is 0.350. The van der Waals surface area contributed by atoms with Gasteiger partial charge in [0.05, 0.1) is 38.3 Å². The standard InChI is InChI=1S/C36H26N2.C28H27BO2.C14H11ClN2/c1-23-15-16-26-17-18-33-34(21-24(2)38-36(33)35(26)37-23)28-12-8-11-27(22-28)30-20-19-29(25-9-4-3-5-10-25)31-13-6-7-14-32(30)31;1-27(2)28(3,4)31-29(30-27)22-14-10-13-21(19-22)24-18-17-23(20-11-6-5-7-12-20)25-15-8-9-16-26(24)25;1-8-3-4-10-5-6-11-12(15)7-9(2)17-14(11)13(10)16-8/h3-22H,1-2H3;5-19H,1-4H3;3-7H,1-2H3. The lowest BCUT2D eigenvalue weighted by atomic mass is 9.77. The molecule has 0 N–H and O–H groups in total. The summed E-state index contributed by atoms with van der Waals surface area (Å²) in [5.41, 5.74) is 20.2. The van der Waals surface area contributed by atoms with Crippen molar-refractivity contribution in [1.29, 1.82) is 0 Å². The third-order valence-electron chi connectivity index (χ3n) is 17.0. The number of hydrogen-bond acceptors (Lipinski definition) is 6. The number of fused-ring (bicyclic) bond motifs is 8. The highest BCUT2D eigenvalue weighted by atomic mass is 35.5. The van der Waals surface area contributed by atoms with Crippen LogP contribution >= 0.6 is 11.6 Å². The average molecular weight is 1140 g/mol. The average Bonchev–Trinajstić information content (AvgIpc) is 1.96. The van der Waals surface area contributed by atoms with Gasteiger partial charge in [0, 0.05) is 44.3 Å². The first-order chi connectivity index (χ1) is 41.7. The molecule has 0 unspecified atom stereocenters. The van der Waals surface area contributed by atoms with Crippen molar-refractivity contribution in [3.05, 3.63) is 270 Å². The Hall–Kier alpha value is -9.37. The highest BCUT2D eigenvalue weighted by Crippen LogP contribution is 2.41. The summed E-state index contributed by atoms with van der Waals surface area (Å²) in [5, 5.41) is 10.1. The number of nitrogens with zero attached hydrogens (tertiary/aromatic N) is 4. The summed E-state index contributed by atoms with van der Waals surface area (Å²) >= 11 is 6.23. The third kappa shape index (κ3) is 10.8. The molecule has 0 saturated carbocycles. The zero-order valence-corrected chi connectivity index (χ0v) is 50.4. The van der Waals surface area contributed by atoms with Gasteiger partial charge in [-0.3, -0.25) is 19.9 Å². The van der Waals surface area contributed by atoms with E-state index in [-0.39, 0.29) is 18.3 Å². The molecule has 0 bridgehead atoms. The SMILES string of the molecule is CC1(C)OB(c2cccc(-c3ccc(-c4ccccc4)c4ccccc34)c2)OC1(C)C.Cc1ccc2ccc3c(-c4cccc(-c5ccc(-c6ccccc6)c6ccccc56)c4)cc(C)nc3c2n1.Cc1ccc2ccc3c(Cl)cc(C)nc3c2n1. The van der Waals surface area contributed by atoms with Crippen molar-refractivity contribution >= 4 is 89.3 Å². The minimum atomic E-state index is -0.361. The fraction of sp³-hybridized carbons (Fsp3) is 0.128. The van der Waals surface area contributed by atoms with Crippen molar-refractivity contribution in [3.8, 4) is 55.6 Å². The van der Waals surface area contributed by atoms with Crippen LogP contribution in [0.25, 0.3) is 121 Å². The van der Waals surface area contributed by atoms with E-state index in [2.05, 4.69) is 263 Å². The van der Waals surface area contributed by atoms with E-state index in [1.165, 1.54) is 77.2 Å². The third-order valence-corrected chi connectivity index (χ3v) is 17.3. The van der Waals surface area contributed by atoms with E-state index in [1.807, 2.05) is 45.0 Å². The van der Waals surface area contributed by atoms with Gasteiger partial charge in [0.1, 0.15) is 0 Å². The van der Waals surface area contributed by atoms with Crippen LogP contribution in [0.2, 0.25) is 5.02 Å². The van der Waals surface area contributed by atoms with Gasteiger partial charge in [-0.1, -0.05) is 224 Å². The topological polar surface area (TPSA) is 70.0 Å². The van der Waals surface area contributed by atoms with Crippen LogP contribution in [0.15, 0.2) is 243 Å². The lowest BCUT2D eigenvalue weighted by Crippen LogP contribution is -2.41. The molecule has 15 rings (SSSR count). The normalized spacial score (nSPS) is 13.5. The van der Waals surface area contributed by atoms with Crippen LogP contribution in [0.4, 0.5) is 0 Å². The summed E-state index contributed by atoms with van der Waals surface area (Å²) in [5.74, 6) is 0. The van der Waals surface area contributed by atoms with Crippen molar-refractivity contribution < 1.29 is 9.31 Å². The van der Waals surface area contributed by atoms with Gasteiger partial charge in [-0.15, -0.1) is 0 Å². The number of halogens is 1. The Bertz CT molecular complexity index is 4900. The molecule has 86 heavy (non-hydrogen) atoms. The Balaban J connectivity index is 0.000000128. The van der Waals surface area contributed by atoms with Gasteiger partial charge in [0.25, 0.3) is 0 Å². The number of benzene rings is 10. The second-order valence-electron chi connectivity index (χ2n) is 23.5. The number of hydrogen-bond donors (Lipinski definition) is 0. The maximum Gasteiger partial charge on any atom is 0.494 e. The van der Waals surface area contributed by atoms with Crippen LogP contribution in [0.5, 0.6) is 0 Å². The highest BCUT2D eigenvalue weighted by molar-refractivity contribution is 6.62. The quantitative estimate of drug-likeness (QED) is 0.122. The summed E-state index contributed by atoms with van der Waals surface area (Å²) in [6, 6.07) is 85.7. The predicted molar refractivity (Wildman–Crippen MR) is 362 cm³/mol. The van der Waals surface area contributed by atoms with Crippen LogP contribution in [0.3, 0.4) is 0 Å². The molecule has 14 aromatic rings. The van der Waals surface area contributed by atoms with Gasteiger partial charge in [0.15, 0.2) is 0 Å². The molecule has 0 atom stereocenters. The molecule has 8 heteroatoms. The summed E-state index contributed by atoms with van der Waals surface area (Å²) in [7, 11) is -0.361. The second kappa shape index (κ2) is 22.9. The van der Waals surface area contributed by atoms with Crippen LogP contribution < -0.4 is 5.46 Å². The van der Waals surface area contributed by atoms with Gasteiger partial charge in [-0.2, -0.15) is 0 Å². The van der Waals surface area contributed by atoms with E-state index in [4.69, 9.17) is 30.9 Å². The molecule has 6 nitrogen and oxygen atoms in total. The van der Waals surface area contributed by atoms with Crippen molar-refractivity contribution in [2.45, 2.75) is 66.6 Å². The van der Waals surface area contributed by atoms with Gasteiger partial charge in [-0.05, 0) is 168 Å². The van der Waals surface area contributed by atoms with Crippen LogP contribution in [-0.2, 0) is 9.31 Å². The van der Waals surface area contributed by atoms with Crippen molar-refractivity contribution in [2.24, 2.45) is 0 Å². The first-order valence-electron chi connectivity index (χ1n) is 29.4. The molecule has 0 aliphatic carbocycles. The summed E-state index contributed by atoms with van der Waals surface area (Å²) in [6.07, 6.45) is 0. The molecule has 1 aliphatic rings. The molecular formula is C78H64BClN4O2. The minimum Gasteiger partial charge on any atom is -0.399 e. The Kier molecular flexibility index (Phi) is 14.9. The fourth-order valence-electron chi connectivity index (χ4n) is 11.9. The molecule has 10 aromatic carbocycles. The molecule has 0 amide bonds. The van der Waals surface area contributed by atoms with Crippen molar-refractivity contribution in [1.82, 2.24) is 19.9 Å².